The summed E-state index contributed by atoms with van der Waals surface area (Å²) in [5.41, 5.74) is 1.73. The molecule has 0 aromatic heterocycles. The van der Waals surface area contributed by atoms with Crippen LogP contribution in [0.15, 0.2) is 47.4 Å². The van der Waals surface area contributed by atoms with Crippen LogP contribution in [0, 0.1) is 13.8 Å². The van der Waals surface area contributed by atoms with Gasteiger partial charge in [0, 0.05) is 7.05 Å². The number of nitrogens with one attached hydrogen (secondary N) is 1. The van der Waals surface area contributed by atoms with Gasteiger partial charge in [-0.2, -0.15) is 17.5 Å². The van der Waals surface area contributed by atoms with Crippen LogP contribution in [-0.4, -0.2) is 45.0 Å². The third kappa shape index (κ3) is 6.20. The number of halogens is 3. The summed E-state index contributed by atoms with van der Waals surface area (Å²) in [6.07, 6.45) is -4.53. The molecule has 0 fully saturated rings. The van der Waals surface area contributed by atoms with Crippen LogP contribution >= 0.6 is 0 Å². The van der Waals surface area contributed by atoms with Gasteiger partial charge in [-0.05, 0) is 49.2 Å². The van der Waals surface area contributed by atoms with E-state index >= 15 is 0 Å². The van der Waals surface area contributed by atoms with Crippen LogP contribution in [0.2, 0.25) is 0 Å². The van der Waals surface area contributed by atoms with Gasteiger partial charge in [0.2, 0.25) is 15.9 Å². The number of ether oxygens (including phenoxy) is 1. The van der Waals surface area contributed by atoms with Crippen LogP contribution in [0.3, 0.4) is 0 Å². The molecule has 2 aromatic carbocycles. The average molecular weight is 430 g/mol. The van der Waals surface area contributed by atoms with Crippen molar-refractivity contribution < 1.29 is 31.1 Å². The van der Waals surface area contributed by atoms with Crippen molar-refractivity contribution in [3.63, 3.8) is 0 Å². The number of amides is 1. The number of likely N-dealkylation sites (N-methyl/N-ethyl adjacent to an activating group) is 1. The first-order valence-corrected chi connectivity index (χ1v) is 9.96. The number of hydrogen-bond acceptors (Lipinski definition) is 4. The minimum absolute atomic E-state index is 0.0127. The fraction of sp³-hybridized carbons (Fsp3) is 0.316. The molecule has 0 saturated carbocycles. The van der Waals surface area contributed by atoms with Crippen molar-refractivity contribution >= 4 is 21.6 Å². The Bertz CT molecular complexity index is 991. The maximum Gasteiger partial charge on any atom is 0.422 e. The second kappa shape index (κ2) is 8.83. The van der Waals surface area contributed by atoms with Gasteiger partial charge in [-0.25, -0.2) is 8.42 Å². The fourth-order valence-corrected chi connectivity index (χ4v) is 3.60. The second-order valence-electron chi connectivity index (χ2n) is 6.46. The van der Waals surface area contributed by atoms with Crippen LogP contribution < -0.4 is 10.1 Å². The van der Waals surface area contributed by atoms with Crippen molar-refractivity contribution in [1.29, 1.82) is 0 Å². The Kier molecular flexibility index (Phi) is 6.91. The SMILES string of the molecule is Cc1ccc(S(=O)(=O)N(C)CC(=O)Nc2ccccc2OCC(F)(F)F)cc1C. The zero-order valence-electron chi connectivity index (χ0n) is 16.1. The fourth-order valence-electron chi connectivity index (χ4n) is 2.39. The first-order valence-electron chi connectivity index (χ1n) is 8.52. The van der Waals surface area contributed by atoms with Crippen LogP contribution in [0.5, 0.6) is 5.75 Å². The van der Waals surface area contributed by atoms with Crippen molar-refractivity contribution in [3.8, 4) is 5.75 Å². The normalized spacial score (nSPS) is 12.1. The van der Waals surface area contributed by atoms with E-state index in [1.165, 1.54) is 43.4 Å². The molecular formula is C19H21F3N2O4S. The van der Waals surface area contributed by atoms with Crippen molar-refractivity contribution in [1.82, 2.24) is 4.31 Å². The number of para-hydroxylation sites is 2. The van der Waals surface area contributed by atoms with Gasteiger partial charge in [0.25, 0.3) is 0 Å². The molecule has 0 saturated heterocycles. The van der Waals surface area contributed by atoms with Gasteiger partial charge in [-0.1, -0.05) is 18.2 Å². The van der Waals surface area contributed by atoms with Crippen LogP contribution in [0.1, 0.15) is 11.1 Å². The highest BCUT2D eigenvalue weighted by Gasteiger charge is 2.29. The molecule has 2 aromatic rings. The highest BCUT2D eigenvalue weighted by molar-refractivity contribution is 7.89. The number of hydrogen-bond donors (Lipinski definition) is 1. The number of rotatable bonds is 7. The molecule has 2 rings (SSSR count). The molecule has 0 unspecified atom stereocenters. The lowest BCUT2D eigenvalue weighted by Crippen LogP contribution is -2.35. The zero-order chi connectivity index (χ0) is 21.8. The van der Waals surface area contributed by atoms with Gasteiger partial charge in [0.05, 0.1) is 17.1 Å². The molecule has 0 aliphatic rings. The number of nitrogens with zero attached hydrogens (tertiary/aromatic N) is 1. The smallest absolute Gasteiger partial charge is 0.422 e. The van der Waals surface area contributed by atoms with Crippen LogP contribution in [0.4, 0.5) is 18.9 Å². The highest BCUT2D eigenvalue weighted by atomic mass is 32.2. The van der Waals surface area contributed by atoms with Gasteiger partial charge in [-0.3, -0.25) is 4.79 Å². The zero-order valence-corrected chi connectivity index (χ0v) is 16.9. The molecular weight excluding hydrogens is 409 g/mol. The van der Waals surface area contributed by atoms with E-state index in [2.05, 4.69) is 5.32 Å². The van der Waals surface area contributed by atoms with Gasteiger partial charge in [0.1, 0.15) is 5.75 Å². The van der Waals surface area contributed by atoms with Crippen molar-refractivity contribution in [3.05, 3.63) is 53.6 Å². The lowest BCUT2D eigenvalue weighted by Gasteiger charge is -2.18. The summed E-state index contributed by atoms with van der Waals surface area (Å²) >= 11 is 0. The van der Waals surface area contributed by atoms with E-state index in [1.54, 1.807) is 13.0 Å². The maximum absolute atomic E-state index is 12.7. The first kappa shape index (κ1) is 22.7. The first-order chi connectivity index (χ1) is 13.4. The molecule has 0 radical (unpaired) electrons. The maximum atomic E-state index is 12.7. The Morgan fingerprint density at radius 1 is 1.10 bits per heavy atom. The van der Waals surface area contributed by atoms with E-state index in [9.17, 15) is 26.4 Å². The molecule has 0 heterocycles. The molecule has 10 heteroatoms. The predicted octanol–water partition coefficient (Wildman–Crippen LogP) is 3.50. The summed E-state index contributed by atoms with van der Waals surface area (Å²) in [6, 6.07) is 10.2. The molecule has 0 atom stereocenters. The second-order valence-corrected chi connectivity index (χ2v) is 8.50. The summed E-state index contributed by atoms with van der Waals surface area (Å²) < 4.78 is 68.0. The monoisotopic (exact) mass is 430 g/mol. The number of benzene rings is 2. The Morgan fingerprint density at radius 3 is 2.38 bits per heavy atom. The van der Waals surface area contributed by atoms with Crippen LogP contribution in [0.25, 0.3) is 0 Å². The molecule has 1 amide bonds. The van der Waals surface area contributed by atoms with E-state index in [0.717, 1.165) is 15.4 Å². The number of carbonyl (C=O) groups excluding carboxylic acids is 1. The molecule has 0 aliphatic carbocycles. The van der Waals surface area contributed by atoms with Gasteiger partial charge in [-0.15, -0.1) is 0 Å². The average Bonchev–Trinajstić information content (AvgIpc) is 2.62. The molecule has 0 bridgehead atoms. The molecule has 29 heavy (non-hydrogen) atoms. The third-order valence-corrected chi connectivity index (χ3v) is 5.90. The minimum atomic E-state index is -4.53. The lowest BCUT2D eigenvalue weighted by molar-refractivity contribution is -0.153. The Labute approximate surface area is 167 Å². The van der Waals surface area contributed by atoms with E-state index in [-0.39, 0.29) is 16.3 Å². The molecule has 0 aliphatic heterocycles. The largest absolute Gasteiger partial charge is 0.482 e. The summed E-state index contributed by atoms with van der Waals surface area (Å²) in [6.45, 7) is 1.59. The quantitative estimate of drug-likeness (QED) is 0.730. The van der Waals surface area contributed by atoms with Gasteiger partial charge < -0.3 is 10.1 Å². The molecule has 1 N–H and O–H groups in total. The van der Waals surface area contributed by atoms with Crippen molar-refractivity contribution in [2.45, 2.75) is 24.9 Å². The van der Waals surface area contributed by atoms with E-state index in [4.69, 9.17) is 4.74 Å². The Morgan fingerprint density at radius 2 is 1.76 bits per heavy atom. The molecule has 0 spiro atoms. The van der Waals surface area contributed by atoms with Crippen LogP contribution in [-0.2, 0) is 14.8 Å². The topological polar surface area (TPSA) is 75.7 Å². The minimum Gasteiger partial charge on any atom is -0.482 e. The summed E-state index contributed by atoms with van der Waals surface area (Å²) in [4.78, 5) is 12.3. The number of anilines is 1. The number of carbonyl (C=O) groups is 1. The van der Waals surface area contributed by atoms with Crippen molar-refractivity contribution in [2.75, 3.05) is 25.5 Å². The standard InChI is InChI=1S/C19H21F3N2O4S/c1-13-8-9-15(10-14(13)2)29(26,27)24(3)11-18(25)23-16-6-4-5-7-17(16)28-12-19(20,21)22/h4-10H,11-12H2,1-3H3,(H,23,25). The van der Waals surface area contributed by atoms with Crippen molar-refractivity contribution in [2.24, 2.45) is 0 Å². The molecule has 6 nitrogen and oxygen atoms in total. The summed E-state index contributed by atoms with van der Waals surface area (Å²) in [7, 11) is -2.67. The van der Waals surface area contributed by atoms with E-state index in [0.29, 0.717) is 0 Å². The van der Waals surface area contributed by atoms with E-state index in [1.807, 2.05) is 6.92 Å². The highest BCUT2D eigenvalue weighted by Crippen LogP contribution is 2.26. The number of aryl methyl sites for hydroxylation is 2. The summed E-state index contributed by atoms with van der Waals surface area (Å²) in [5.74, 6) is -0.888. The van der Waals surface area contributed by atoms with E-state index < -0.39 is 35.3 Å². The molecule has 158 valence electrons. The predicted molar refractivity (Wildman–Crippen MR) is 102 cm³/mol. The van der Waals surface area contributed by atoms with Gasteiger partial charge >= 0.3 is 6.18 Å². The number of sulfonamides is 1. The summed E-state index contributed by atoms with van der Waals surface area (Å²) in [5, 5.41) is 2.38. The van der Waals surface area contributed by atoms with Gasteiger partial charge in [0.15, 0.2) is 6.61 Å². The Balaban J connectivity index is 2.10. The lowest BCUT2D eigenvalue weighted by atomic mass is 10.1. The number of alkyl halides is 3. The third-order valence-electron chi connectivity index (χ3n) is 4.11. The Hall–Kier alpha value is -2.59.